The number of nitrogens with zero attached hydrogens (tertiary/aromatic N) is 6. The van der Waals surface area contributed by atoms with Crippen LogP contribution in [-0.4, -0.2) is 24.1 Å². The van der Waals surface area contributed by atoms with Gasteiger partial charge in [-0.25, -0.2) is 4.52 Å². The molecule has 0 saturated carbocycles. The Kier molecular flexibility index (Phi) is 9.21. The first-order valence-electron chi connectivity index (χ1n) is 13.5. The Balaban J connectivity index is 0.000000205. The van der Waals surface area contributed by atoms with Gasteiger partial charge < -0.3 is 4.57 Å². The van der Waals surface area contributed by atoms with Gasteiger partial charge in [-0.3, -0.25) is 9.97 Å². The molecule has 42 heavy (non-hydrogen) atoms. The van der Waals surface area contributed by atoms with Gasteiger partial charge in [-0.15, -0.1) is 65.7 Å². The SMILES string of the molecule is Cc1cc(C(C)(C)C)cc(C)c1-n1ccnc1-c1[c-]ccc(C#N)c1.Cc1cccn2nc(-c3[c-]cccc3)nc12.[Ir]. The maximum atomic E-state index is 9.15. The Bertz CT molecular complexity index is 1850. The fourth-order valence-electron chi connectivity index (χ4n) is 4.80. The Morgan fingerprint density at radius 2 is 1.57 bits per heavy atom. The second-order valence-electron chi connectivity index (χ2n) is 11.1. The maximum Gasteiger partial charge on any atom is 0.148 e. The minimum absolute atomic E-state index is 0. The van der Waals surface area contributed by atoms with Gasteiger partial charge in [0.2, 0.25) is 0 Å². The molecule has 0 fully saturated rings. The van der Waals surface area contributed by atoms with E-state index in [-0.39, 0.29) is 25.5 Å². The molecule has 0 spiro atoms. The van der Waals surface area contributed by atoms with Gasteiger partial charge in [-0.05, 0) is 60.1 Å². The average Bonchev–Trinajstić information content (AvgIpc) is 3.62. The maximum absolute atomic E-state index is 9.15. The first-order valence-corrected chi connectivity index (χ1v) is 13.5. The monoisotopic (exact) mass is 729 g/mol. The summed E-state index contributed by atoms with van der Waals surface area (Å²) in [6.45, 7) is 13.0. The molecule has 0 atom stereocenters. The Labute approximate surface area is 261 Å². The molecule has 6 nitrogen and oxygen atoms in total. The third-order valence-electron chi connectivity index (χ3n) is 6.92. The molecule has 3 aromatic carbocycles. The van der Waals surface area contributed by atoms with Gasteiger partial charge in [0.15, 0.2) is 0 Å². The normalized spacial score (nSPS) is 10.9. The summed E-state index contributed by atoms with van der Waals surface area (Å²) in [7, 11) is 0. The van der Waals surface area contributed by atoms with Crippen molar-refractivity contribution in [3.8, 4) is 34.5 Å². The van der Waals surface area contributed by atoms with Crippen molar-refractivity contribution in [3.63, 3.8) is 0 Å². The molecule has 6 rings (SSSR count). The van der Waals surface area contributed by atoms with Crippen LogP contribution in [0, 0.1) is 44.2 Å². The second kappa shape index (κ2) is 12.6. The molecule has 3 aromatic heterocycles. The van der Waals surface area contributed by atoms with Gasteiger partial charge in [0, 0.05) is 44.4 Å². The van der Waals surface area contributed by atoms with Crippen LogP contribution in [0.2, 0.25) is 0 Å². The summed E-state index contributed by atoms with van der Waals surface area (Å²) in [5, 5.41) is 13.6. The average molecular weight is 729 g/mol. The van der Waals surface area contributed by atoms with Crippen molar-refractivity contribution >= 4 is 5.65 Å². The third-order valence-corrected chi connectivity index (χ3v) is 6.92. The van der Waals surface area contributed by atoms with E-state index in [4.69, 9.17) is 5.26 Å². The molecule has 1 radical (unpaired) electrons. The topological polar surface area (TPSA) is 71.8 Å². The van der Waals surface area contributed by atoms with Gasteiger partial charge in [0.1, 0.15) is 5.65 Å². The van der Waals surface area contributed by atoms with E-state index in [9.17, 15) is 0 Å². The molecule has 0 aliphatic carbocycles. The number of aromatic nitrogens is 5. The summed E-state index contributed by atoms with van der Waals surface area (Å²) in [4.78, 5) is 9.02. The smallest absolute Gasteiger partial charge is 0.148 e. The van der Waals surface area contributed by atoms with Crippen molar-refractivity contribution in [1.82, 2.24) is 24.1 Å². The van der Waals surface area contributed by atoms with E-state index in [2.05, 4.69) is 84.6 Å². The summed E-state index contributed by atoms with van der Waals surface area (Å²) in [5.41, 5.74) is 9.37. The van der Waals surface area contributed by atoms with Crippen LogP contribution < -0.4 is 0 Å². The summed E-state index contributed by atoms with van der Waals surface area (Å²) in [6.07, 6.45) is 5.66. The van der Waals surface area contributed by atoms with E-state index < -0.39 is 0 Å². The van der Waals surface area contributed by atoms with Crippen molar-refractivity contribution in [2.75, 3.05) is 0 Å². The fourth-order valence-corrected chi connectivity index (χ4v) is 4.80. The second-order valence-corrected chi connectivity index (χ2v) is 11.1. The molecule has 213 valence electrons. The minimum Gasteiger partial charge on any atom is -0.340 e. The number of benzene rings is 3. The zero-order valence-electron chi connectivity index (χ0n) is 24.6. The van der Waals surface area contributed by atoms with Crippen LogP contribution in [0.4, 0.5) is 0 Å². The van der Waals surface area contributed by atoms with Crippen molar-refractivity contribution in [3.05, 3.63) is 125 Å². The van der Waals surface area contributed by atoms with Crippen LogP contribution in [0.5, 0.6) is 0 Å². The van der Waals surface area contributed by atoms with Crippen LogP contribution in [-0.2, 0) is 25.5 Å². The first kappa shape index (κ1) is 30.6. The molecule has 7 heteroatoms. The summed E-state index contributed by atoms with van der Waals surface area (Å²) in [5.74, 6) is 1.52. The molecule has 0 unspecified atom stereocenters. The van der Waals surface area contributed by atoms with Crippen molar-refractivity contribution in [2.24, 2.45) is 0 Å². The van der Waals surface area contributed by atoms with Crippen molar-refractivity contribution < 1.29 is 20.1 Å². The number of fused-ring (bicyclic) bond motifs is 1. The zero-order chi connectivity index (χ0) is 29.1. The molecule has 0 amide bonds. The van der Waals surface area contributed by atoms with E-state index in [1.807, 2.05) is 61.8 Å². The van der Waals surface area contributed by atoms with Crippen LogP contribution in [0.3, 0.4) is 0 Å². The summed E-state index contributed by atoms with van der Waals surface area (Å²) < 4.78 is 3.88. The number of aryl methyl sites for hydroxylation is 3. The number of hydrogen-bond donors (Lipinski definition) is 0. The number of pyridine rings is 1. The number of imidazole rings is 1. The molecule has 0 aliphatic rings. The van der Waals surface area contributed by atoms with E-state index in [0.29, 0.717) is 5.56 Å². The van der Waals surface area contributed by atoms with Gasteiger partial charge in [0.25, 0.3) is 0 Å². The minimum atomic E-state index is 0. The number of hydrogen-bond acceptors (Lipinski definition) is 4. The van der Waals surface area contributed by atoms with Crippen LogP contribution >= 0.6 is 0 Å². The molecule has 0 aliphatic heterocycles. The zero-order valence-corrected chi connectivity index (χ0v) is 27.0. The number of nitriles is 1. The van der Waals surface area contributed by atoms with Crippen molar-refractivity contribution in [2.45, 2.75) is 47.0 Å². The van der Waals surface area contributed by atoms with Gasteiger partial charge in [-0.1, -0.05) is 39.0 Å². The van der Waals surface area contributed by atoms with E-state index >= 15 is 0 Å². The van der Waals surface area contributed by atoms with Crippen LogP contribution in [0.1, 0.15) is 48.6 Å². The van der Waals surface area contributed by atoms with Crippen molar-refractivity contribution in [1.29, 1.82) is 5.26 Å². The molecule has 0 bridgehead atoms. The molecule has 3 heterocycles. The predicted octanol–water partition coefficient (Wildman–Crippen LogP) is 7.63. The first-order chi connectivity index (χ1) is 19.7. The third kappa shape index (κ3) is 6.41. The molecular formula is C35H32IrN6-2. The largest absolute Gasteiger partial charge is 0.340 e. The van der Waals surface area contributed by atoms with Crippen LogP contribution in [0.15, 0.2) is 85.3 Å². The summed E-state index contributed by atoms with van der Waals surface area (Å²) >= 11 is 0. The molecule has 0 N–H and O–H groups in total. The Hall–Kier alpha value is -4.37. The molecule has 0 saturated heterocycles. The molecule has 6 aromatic rings. The quantitative estimate of drug-likeness (QED) is 0.176. The standard InChI is InChI=1S/C22H22N3.C13H10N3.Ir/c1-15-11-19(22(3,4)5)12-16(2)20(15)25-10-9-24-21(25)18-8-6-7-17(13-18)14-23;1-10-6-5-9-16-13(10)14-12(15-16)11-7-3-2-4-8-11;/h6-7,9-13H,1-5H3;2-7,9H,1H3;/q2*-1;. The Morgan fingerprint density at radius 1 is 0.833 bits per heavy atom. The van der Waals surface area contributed by atoms with E-state index in [0.717, 1.165) is 39.7 Å². The predicted molar refractivity (Wildman–Crippen MR) is 163 cm³/mol. The fraction of sp³-hybridized carbons (Fsp3) is 0.200. The molecular weight excluding hydrogens is 697 g/mol. The van der Waals surface area contributed by atoms with Gasteiger partial charge in [-0.2, -0.15) is 10.4 Å². The Morgan fingerprint density at radius 3 is 2.21 bits per heavy atom. The number of rotatable bonds is 3. The van der Waals surface area contributed by atoms with Gasteiger partial charge in [0.05, 0.1) is 17.7 Å². The van der Waals surface area contributed by atoms with Crippen LogP contribution in [0.25, 0.3) is 34.1 Å². The van der Waals surface area contributed by atoms with E-state index in [1.54, 1.807) is 22.8 Å². The van der Waals surface area contributed by atoms with E-state index in [1.165, 1.54) is 16.7 Å². The van der Waals surface area contributed by atoms with Gasteiger partial charge >= 0.3 is 0 Å². The summed E-state index contributed by atoms with van der Waals surface area (Å²) in [6, 6.07) is 30.1.